The molecular weight excluding hydrogens is 221 g/mol. The maximum atomic E-state index is 12.6. The molecule has 2 atom stereocenters. The molecular formula is C11H9F3O2. The molecule has 1 saturated carbocycles. The van der Waals surface area contributed by atoms with Crippen molar-refractivity contribution in [2.24, 2.45) is 5.92 Å². The molecule has 0 bridgehead atoms. The highest BCUT2D eigenvalue weighted by molar-refractivity contribution is 5.75. The third-order valence-corrected chi connectivity index (χ3v) is 2.77. The van der Waals surface area contributed by atoms with Crippen LogP contribution in [0.2, 0.25) is 0 Å². The number of carboxylic acids is 1. The first-order valence-electron chi connectivity index (χ1n) is 4.80. The topological polar surface area (TPSA) is 37.3 Å². The Balaban J connectivity index is 2.33. The number of rotatable bonds is 2. The van der Waals surface area contributed by atoms with Gasteiger partial charge in [-0.15, -0.1) is 0 Å². The largest absolute Gasteiger partial charge is 0.481 e. The molecule has 0 radical (unpaired) electrons. The second-order valence-corrected chi connectivity index (χ2v) is 3.87. The summed E-state index contributed by atoms with van der Waals surface area (Å²) in [6.07, 6.45) is -4.12. The van der Waals surface area contributed by atoms with Gasteiger partial charge in [-0.2, -0.15) is 13.2 Å². The minimum atomic E-state index is -4.41. The Morgan fingerprint density at radius 2 is 1.94 bits per heavy atom. The van der Waals surface area contributed by atoms with Crippen LogP contribution >= 0.6 is 0 Å². The quantitative estimate of drug-likeness (QED) is 0.848. The van der Waals surface area contributed by atoms with Gasteiger partial charge in [-0.3, -0.25) is 4.79 Å². The lowest BCUT2D eigenvalue weighted by atomic mass is 10.0. The number of hydrogen-bond donors (Lipinski definition) is 1. The van der Waals surface area contributed by atoms with Gasteiger partial charge in [0.15, 0.2) is 0 Å². The van der Waals surface area contributed by atoms with E-state index >= 15 is 0 Å². The first-order valence-corrected chi connectivity index (χ1v) is 4.80. The molecule has 0 saturated heterocycles. The number of alkyl halides is 3. The predicted molar refractivity (Wildman–Crippen MR) is 49.9 cm³/mol. The molecule has 1 N–H and O–H groups in total. The number of aliphatic carboxylic acids is 1. The fraction of sp³-hybridized carbons (Fsp3) is 0.364. The van der Waals surface area contributed by atoms with Crippen molar-refractivity contribution in [2.75, 3.05) is 0 Å². The molecule has 1 aromatic carbocycles. The van der Waals surface area contributed by atoms with E-state index in [2.05, 4.69) is 0 Å². The van der Waals surface area contributed by atoms with Crippen molar-refractivity contribution in [1.82, 2.24) is 0 Å². The van der Waals surface area contributed by atoms with E-state index < -0.39 is 29.5 Å². The third-order valence-electron chi connectivity index (χ3n) is 2.77. The molecule has 0 aliphatic heterocycles. The van der Waals surface area contributed by atoms with Crippen LogP contribution in [0, 0.1) is 5.92 Å². The third kappa shape index (κ3) is 1.89. The molecule has 1 fully saturated rings. The standard InChI is InChI=1S/C11H9F3O2/c12-11(13,14)9-4-2-1-3-6(9)7-5-8(7)10(15)16/h1-4,7-8H,5H2,(H,15,16)/t7-,8-/m1/s1. The predicted octanol–water partition coefficient (Wildman–Crippen LogP) is 2.89. The molecule has 2 nitrogen and oxygen atoms in total. The molecule has 86 valence electrons. The van der Waals surface area contributed by atoms with Gasteiger partial charge in [0.1, 0.15) is 0 Å². The summed E-state index contributed by atoms with van der Waals surface area (Å²) in [5.74, 6) is -2.18. The van der Waals surface area contributed by atoms with E-state index in [1.807, 2.05) is 0 Å². The summed E-state index contributed by atoms with van der Waals surface area (Å²) in [5, 5.41) is 8.70. The van der Waals surface area contributed by atoms with E-state index in [0.717, 1.165) is 6.07 Å². The van der Waals surface area contributed by atoms with Gasteiger partial charge in [-0.25, -0.2) is 0 Å². The molecule has 16 heavy (non-hydrogen) atoms. The van der Waals surface area contributed by atoms with Gasteiger partial charge in [-0.1, -0.05) is 18.2 Å². The van der Waals surface area contributed by atoms with Gasteiger partial charge >= 0.3 is 12.1 Å². The lowest BCUT2D eigenvalue weighted by Gasteiger charge is -2.11. The highest BCUT2D eigenvalue weighted by atomic mass is 19.4. The highest BCUT2D eigenvalue weighted by Gasteiger charge is 2.47. The summed E-state index contributed by atoms with van der Waals surface area (Å²) in [6.45, 7) is 0. The Morgan fingerprint density at radius 1 is 1.31 bits per heavy atom. The van der Waals surface area contributed by atoms with Crippen LogP contribution in [0.5, 0.6) is 0 Å². The smallest absolute Gasteiger partial charge is 0.416 e. The maximum absolute atomic E-state index is 12.6. The number of halogens is 3. The van der Waals surface area contributed by atoms with Crippen molar-refractivity contribution in [2.45, 2.75) is 18.5 Å². The number of carboxylic acid groups (broad SMARTS) is 1. The van der Waals surface area contributed by atoms with Crippen molar-refractivity contribution in [3.05, 3.63) is 35.4 Å². The molecule has 1 aliphatic rings. The Kier molecular flexibility index (Phi) is 2.40. The number of hydrogen-bond acceptors (Lipinski definition) is 1. The van der Waals surface area contributed by atoms with Crippen molar-refractivity contribution in [1.29, 1.82) is 0 Å². The average molecular weight is 230 g/mol. The van der Waals surface area contributed by atoms with Crippen LogP contribution in [0.4, 0.5) is 13.2 Å². The number of benzene rings is 1. The maximum Gasteiger partial charge on any atom is 0.416 e. The van der Waals surface area contributed by atoms with Crippen LogP contribution < -0.4 is 0 Å². The molecule has 0 unspecified atom stereocenters. The summed E-state index contributed by atoms with van der Waals surface area (Å²) in [7, 11) is 0. The lowest BCUT2D eigenvalue weighted by Crippen LogP contribution is -2.09. The molecule has 2 rings (SSSR count). The first-order chi connectivity index (χ1) is 7.41. The first kappa shape index (κ1) is 11.0. The van der Waals surface area contributed by atoms with Crippen LogP contribution in [-0.4, -0.2) is 11.1 Å². The lowest BCUT2D eigenvalue weighted by molar-refractivity contribution is -0.140. The fourth-order valence-electron chi connectivity index (χ4n) is 1.89. The van der Waals surface area contributed by atoms with Crippen LogP contribution in [0.1, 0.15) is 23.5 Å². The Morgan fingerprint density at radius 3 is 2.44 bits per heavy atom. The van der Waals surface area contributed by atoms with Gasteiger partial charge in [0, 0.05) is 0 Å². The van der Waals surface area contributed by atoms with E-state index in [1.165, 1.54) is 18.2 Å². The van der Waals surface area contributed by atoms with Crippen LogP contribution in [0.15, 0.2) is 24.3 Å². The normalized spacial score (nSPS) is 24.2. The van der Waals surface area contributed by atoms with Crippen LogP contribution in [-0.2, 0) is 11.0 Å². The van der Waals surface area contributed by atoms with E-state index in [4.69, 9.17) is 5.11 Å². The summed E-state index contributed by atoms with van der Waals surface area (Å²) >= 11 is 0. The van der Waals surface area contributed by atoms with Crippen molar-refractivity contribution in [3.63, 3.8) is 0 Å². The van der Waals surface area contributed by atoms with Crippen molar-refractivity contribution >= 4 is 5.97 Å². The van der Waals surface area contributed by atoms with E-state index in [9.17, 15) is 18.0 Å². The summed E-state index contributed by atoms with van der Waals surface area (Å²) < 4.78 is 37.9. The summed E-state index contributed by atoms with van der Waals surface area (Å²) in [5.41, 5.74) is -0.619. The Labute approximate surface area is 89.7 Å². The van der Waals surface area contributed by atoms with Crippen molar-refractivity contribution in [3.8, 4) is 0 Å². The molecule has 0 spiro atoms. The Hall–Kier alpha value is -1.52. The van der Waals surface area contributed by atoms with E-state index in [1.54, 1.807) is 0 Å². The average Bonchev–Trinajstić information content (AvgIpc) is 2.95. The van der Waals surface area contributed by atoms with E-state index in [0.29, 0.717) is 6.42 Å². The SMILES string of the molecule is O=C(O)[C@@H]1C[C@@H]1c1ccccc1C(F)(F)F. The zero-order valence-corrected chi connectivity index (χ0v) is 8.16. The van der Waals surface area contributed by atoms with Gasteiger partial charge in [0.05, 0.1) is 11.5 Å². The number of carbonyl (C=O) groups is 1. The van der Waals surface area contributed by atoms with Crippen LogP contribution in [0.3, 0.4) is 0 Å². The van der Waals surface area contributed by atoms with Gasteiger partial charge < -0.3 is 5.11 Å². The van der Waals surface area contributed by atoms with Gasteiger partial charge in [0.2, 0.25) is 0 Å². The molecule has 1 aliphatic carbocycles. The fourth-order valence-corrected chi connectivity index (χ4v) is 1.89. The molecule has 1 aromatic rings. The molecule has 0 amide bonds. The Bertz CT molecular complexity index is 425. The minimum Gasteiger partial charge on any atom is -0.481 e. The molecule has 0 aromatic heterocycles. The zero-order chi connectivity index (χ0) is 11.9. The van der Waals surface area contributed by atoms with Gasteiger partial charge in [0.25, 0.3) is 0 Å². The van der Waals surface area contributed by atoms with E-state index in [-0.39, 0.29) is 5.56 Å². The van der Waals surface area contributed by atoms with Crippen molar-refractivity contribution < 1.29 is 23.1 Å². The second kappa shape index (κ2) is 3.50. The molecule has 0 heterocycles. The monoisotopic (exact) mass is 230 g/mol. The van der Waals surface area contributed by atoms with Crippen LogP contribution in [0.25, 0.3) is 0 Å². The summed E-state index contributed by atoms with van der Waals surface area (Å²) in [4.78, 5) is 10.6. The highest BCUT2D eigenvalue weighted by Crippen LogP contribution is 2.50. The summed E-state index contributed by atoms with van der Waals surface area (Å²) in [6, 6.07) is 5.16. The zero-order valence-electron chi connectivity index (χ0n) is 8.16. The second-order valence-electron chi connectivity index (χ2n) is 3.87. The van der Waals surface area contributed by atoms with Gasteiger partial charge in [-0.05, 0) is 24.0 Å². The minimum absolute atomic E-state index is 0.0994. The molecule has 5 heteroatoms.